The van der Waals surface area contributed by atoms with Gasteiger partial charge in [-0.05, 0) is 99.9 Å². The number of carbonyl (C=O) groups is 3. The summed E-state index contributed by atoms with van der Waals surface area (Å²) in [7, 11) is 0. The van der Waals surface area contributed by atoms with Crippen molar-refractivity contribution in [3.63, 3.8) is 0 Å². The minimum absolute atomic E-state index is 0.307. The van der Waals surface area contributed by atoms with Gasteiger partial charge in [-0.2, -0.15) is 10.2 Å². The number of amides is 3. The van der Waals surface area contributed by atoms with Crippen molar-refractivity contribution in [1.29, 1.82) is 0 Å². The maximum atomic E-state index is 13.5. The Labute approximate surface area is 296 Å². The van der Waals surface area contributed by atoms with Crippen molar-refractivity contribution in [2.75, 3.05) is 10.6 Å². The number of hydrogen-bond donors (Lipinski definition) is 3. The predicted octanol–water partition coefficient (Wildman–Crippen LogP) is 5.84. The van der Waals surface area contributed by atoms with Gasteiger partial charge >= 0.3 is 0 Å². The molecule has 14 nitrogen and oxygen atoms in total. The Kier molecular flexibility index (Phi) is 9.43. The first-order valence-corrected chi connectivity index (χ1v) is 17.0. The lowest BCUT2D eigenvalue weighted by Crippen LogP contribution is -2.21. The topological polar surface area (TPSA) is 173 Å². The molecule has 50 heavy (non-hydrogen) atoms. The maximum Gasteiger partial charge on any atom is 0.276 e. The number of imidazole rings is 2. The summed E-state index contributed by atoms with van der Waals surface area (Å²) >= 11 is 3.68. The summed E-state index contributed by atoms with van der Waals surface area (Å²) in [6, 6.07) is 14.3. The lowest BCUT2D eigenvalue weighted by atomic mass is 10.1. The Morgan fingerprint density at radius 3 is 1.86 bits per heavy atom. The van der Waals surface area contributed by atoms with Crippen molar-refractivity contribution < 1.29 is 14.4 Å². The van der Waals surface area contributed by atoms with E-state index in [0.29, 0.717) is 66.1 Å². The van der Waals surface area contributed by atoms with E-state index in [4.69, 9.17) is 15.7 Å². The summed E-state index contributed by atoms with van der Waals surface area (Å²) in [5, 5.41) is 14.8. The molecule has 0 saturated heterocycles. The summed E-state index contributed by atoms with van der Waals surface area (Å²) in [6.07, 6.45) is 0. The van der Waals surface area contributed by atoms with E-state index in [-0.39, 0.29) is 11.8 Å². The fourth-order valence-corrected chi connectivity index (χ4v) is 6.51. The Balaban J connectivity index is 1.37. The Hall–Kier alpha value is -5.57. The number of benzene rings is 2. The molecule has 4 aromatic heterocycles. The molecule has 0 atom stereocenters. The van der Waals surface area contributed by atoms with Crippen molar-refractivity contribution >= 4 is 67.6 Å². The Morgan fingerprint density at radius 1 is 0.760 bits per heavy atom. The van der Waals surface area contributed by atoms with E-state index in [9.17, 15) is 14.4 Å². The largest absolute Gasteiger partial charge is 0.366 e. The van der Waals surface area contributed by atoms with Crippen LogP contribution >= 0.6 is 15.9 Å². The molecule has 0 aliphatic rings. The summed E-state index contributed by atoms with van der Waals surface area (Å²) in [5.41, 5.74) is 13.0. The first-order chi connectivity index (χ1) is 23.9. The van der Waals surface area contributed by atoms with E-state index in [0.717, 1.165) is 38.0 Å². The van der Waals surface area contributed by atoms with Crippen LogP contribution in [-0.4, -0.2) is 56.4 Å². The van der Waals surface area contributed by atoms with Gasteiger partial charge in [0, 0.05) is 36.2 Å². The molecule has 0 saturated carbocycles. The third kappa shape index (κ3) is 6.55. The smallest absolute Gasteiger partial charge is 0.276 e. The minimum atomic E-state index is -0.572. The van der Waals surface area contributed by atoms with Gasteiger partial charge in [0.2, 0.25) is 17.8 Å². The van der Waals surface area contributed by atoms with Crippen LogP contribution in [0.3, 0.4) is 0 Å². The molecular formula is C35H38BrN11O3. The van der Waals surface area contributed by atoms with Crippen LogP contribution in [0.1, 0.15) is 70.4 Å². The van der Waals surface area contributed by atoms with Gasteiger partial charge in [-0.25, -0.2) is 9.97 Å². The van der Waals surface area contributed by atoms with Gasteiger partial charge in [0.15, 0.2) is 0 Å². The number of fused-ring (bicyclic) bond motifs is 2. The highest BCUT2D eigenvalue weighted by Gasteiger charge is 2.22. The number of halogens is 1. The quantitative estimate of drug-likeness (QED) is 0.140. The Morgan fingerprint density at radius 2 is 1.30 bits per heavy atom. The first kappa shape index (κ1) is 34.3. The molecule has 0 spiro atoms. The monoisotopic (exact) mass is 739 g/mol. The van der Waals surface area contributed by atoms with E-state index in [2.05, 4.69) is 36.8 Å². The van der Waals surface area contributed by atoms with E-state index in [1.165, 1.54) is 0 Å². The average Bonchev–Trinajstić information content (AvgIpc) is 3.84. The van der Waals surface area contributed by atoms with Crippen molar-refractivity contribution in [2.24, 2.45) is 5.73 Å². The third-order valence-electron chi connectivity index (χ3n) is 8.59. The fraction of sp³-hybridized carbons (Fsp3) is 0.286. The molecule has 4 heterocycles. The first-order valence-electron chi connectivity index (χ1n) is 16.2. The van der Waals surface area contributed by atoms with Gasteiger partial charge in [-0.3, -0.25) is 34.4 Å². The SMILES string of the molecule is CCn1nc(C)cc1C(=O)Nc1nc2cc(C(N)=O)ccc2n1C/C(C)=C(\C)Cn1c(NC(=O)c2cc(C)nn2CC)nc2cccc(Br)c21. The molecule has 258 valence electrons. The van der Waals surface area contributed by atoms with Crippen molar-refractivity contribution in [1.82, 2.24) is 38.7 Å². The molecular weight excluding hydrogens is 702 g/mol. The number of anilines is 2. The number of allylic oxidation sites excluding steroid dienone is 2. The minimum Gasteiger partial charge on any atom is -0.366 e. The summed E-state index contributed by atoms with van der Waals surface area (Å²) in [5.74, 6) is -0.525. The molecule has 0 radical (unpaired) electrons. The number of rotatable bonds is 11. The van der Waals surface area contributed by atoms with Gasteiger partial charge in [0.05, 0.1) is 33.5 Å². The van der Waals surface area contributed by atoms with Crippen molar-refractivity contribution in [2.45, 2.75) is 67.7 Å². The van der Waals surface area contributed by atoms with Crippen LogP contribution in [0.5, 0.6) is 0 Å². The zero-order chi connectivity index (χ0) is 35.9. The summed E-state index contributed by atoms with van der Waals surface area (Å²) in [4.78, 5) is 48.5. The average molecular weight is 741 g/mol. The number of para-hydroxylation sites is 1. The second-order valence-electron chi connectivity index (χ2n) is 12.2. The number of aromatic nitrogens is 8. The van der Waals surface area contributed by atoms with Crippen LogP contribution in [0.2, 0.25) is 0 Å². The van der Waals surface area contributed by atoms with Gasteiger partial charge in [-0.1, -0.05) is 17.2 Å². The van der Waals surface area contributed by atoms with Crippen LogP contribution in [0.25, 0.3) is 22.1 Å². The predicted molar refractivity (Wildman–Crippen MR) is 195 cm³/mol. The lowest BCUT2D eigenvalue weighted by molar-refractivity contribution is 0.0995. The number of primary amides is 1. The number of carbonyl (C=O) groups excluding carboxylic acids is 3. The molecule has 4 N–H and O–H groups in total. The molecule has 2 aromatic carbocycles. The lowest BCUT2D eigenvalue weighted by Gasteiger charge is -2.16. The van der Waals surface area contributed by atoms with Crippen LogP contribution in [0, 0.1) is 13.8 Å². The van der Waals surface area contributed by atoms with Crippen LogP contribution in [-0.2, 0) is 26.2 Å². The number of hydrogen-bond acceptors (Lipinski definition) is 7. The second-order valence-corrected chi connectivity index (χ2v) is 13.0. The Bertz CT molecular complexity index is 2340. The molecule has 15 heteroatoms. The van der Waals surface area contributed by atoms with Gasteiger partial charge in [0.1, 0.15) is 11.4 Å². The van der Waals surface area contributed by atoms with Crippen LogP contribution in [0.15, 0.2) is 64.1 Å². The normalized spacial score (nSPS) is 12.1. The molecule has 6 rings (SSSR count). The van der Waals surface area contributed by atoms with E-state index in [1.54, 1.807) is 39.7 Å². The number of nitrogens with two attached hydrogens (primary N) is 1. The highest BCUT2D eigenvalue weighted by Crippen LogP contribution is 2.30. The van der Waals surface area contributed by atoms with Crippen LogP contribution in [0.4, 0.5) is 11.9 Å². The number of aryl methyl sites for hydroxylation is 4. The molecule has 0 aliphatic carbocycles. The van der Waals surface area contributed by atoms with Gasteiger partial charge in [-0.15, -0.1) is 0 Å². The van der Waals surface area contributed by atoms with Gasteiger partial charge in [0.25, 0.3) is 11.8 Å². The second kappa shape index (κ2) is 13.7. The highest BCUT2D eigenvalue weighted by molar-refractivity contribution is 9.10. The van der Waals surface area contributed by atoms with Crippen molar-refractivity contribution in [3.05, 3.63) is 92.5 Å². The zero-order valence-corrected chi connectivity index (χ0v) is 30.3. The molecule has 3 amide bonds. The molecule has 0 aliphatic heterocycles. The maximum absolute atomic E-state index is 13.5. The standard InChI is InChI=1S/C35H38BrN11O3/c1-7-46-28(14-21(5)42-46)32(49)40-34-39-26-16-23(31(37)48)12-13-27(26)44(34)17-19(3)20(4)18-45-30-24(36)10-9-11-25(30)38-35(45)41-33(50)29-15-22(6)43-47(29)8-2/h9-16H,7-8,17-18H2,1-6H3,(H2,37,48)(H,38,41,50)(H,39,40,49)/b20-19+. The van der Waals surface area contributed by atoms with E-state index in [1.807, 2.05) is 68.9 Å². The molecule has 0 unspecified atom stereocenters. The number of nitrogens with zero attached hydrogens (tertiary/aromatic N) is 8. The van der Waals surface area contributed by atoms with Gasteiger partial charge < -0.3 is 14.9 Å². The van der Waals surface area contributed by atoms with Crippen molar-refractivity contribution in [3.8, 4) is 0 Å². The third-order valence-corrected chi connectivity index (χ3v) is 9.23. The van der Waals surface area contributed by atoms with E-state index >= 15 is 0 Å². The summed E-state index contributed by atoms with van der Waals surface area (Å²) in [6.45, 7) is 13.4. The summed E-state index contributed by atoms with van der Waals surface area (Å²) < 4.78 is 8.00. The number of nitrogens with one attached hydrogen (secondary N) is 2. The fourth-order valence-electron chi connectivity index (χ4n) is 5.94. The molecule has 0 bridgehead atoms. The zero-order valence-electron chi connectivity index (χ0n) is 28.7. The molecule has 0 fully saturated rings. The van der Waals surface area contributed by atoms with Crippen LogP contribution < -0.4 is 16.4 Å². The molecule has 6 aromatic rings. The van der Waals surface area contributed by atoms with E-state index < -0.39 is 5.91 Å². The highest BCUT2D eigenvalue weighted by atomic mass is 79.9.